The molecule has 0 unspecified atom stereocenters. The van der Waals surface area contributed by atoms with Gasteiger partial charge in [0.25, 0.3) is 5.69 Å². The Balaban J connectivity index is 2.02. The second-order valence-corrected chi connectivity index (χ2v) is 5.72. The van der Waals surface area contributed by atoms with E-state index in [4.69, 9.17) is 16.3 Å². The van der Waals surface area contributed by atoms with Gasteiger partial charge in [0.05, 0.1) is 24.3 Å². The highest BCUT2D eigenvalue weighted by Gasteiger charge is 2.15. The van der Waals surface area contributed by atoms with Gasteiger partial charge in [-0.05, 0) is 24.6 Å². The van der Waals surface area contributed by atoms with Crippen LogP contribution in [0.2, 0.25) is 5.02 Å². The van der Waals surface area contributed by atoms with Crippen LogP contribution in [0, 0.1) is 10.1 Å². The van der Waals surface area contributed by atoms with Gasteiger partial charge >= 0.3 is 0 Å². The van der Waals surface area contributed by atoms with Crippen molar-refractivity contribution < 1.29 is 14.5 Å². The van der Waals surface area contributed by atoms with Gasteiger partial charge in [0.1, 0.15) is 5.75 Å². The molecule has 0 spiro atoms. The molecule has 0 saturated heterocycles. The molecule has 2 aromatic carbocycles. The fraction of sp³-hybridized carbons (Fsp3) is 0.235. The molecule has 1 amide bonds. The molecular formula is C17H18ClN3O4. The highest BCUT2D eigenvalue weighted by Crippen LogP contribution is 2.28. The van der Waals surface area contributed by atoms with E-state index in [0.29, 0.717) is 10.8 Å². The number of nitro benzene ring substituents is 1. The molecule has 1 atom stereocenters. The smallest absolute Gasteiger partial charge is 0.271 e. The highest BCUT2D eigenvalue weighted by molar-refractivity contribution is 6.31. The molecule has 0 radical (unpaired) electrons. The molecule has 0 aliphatic rings. The second-order valence-electron chi connectivity index (χ2n) is 5.31. The molecule has 2 rings (SSSR count). The number of rotatable bonds is 7. The van der Waals surface area contributed by atoms with Crippen molar-refractivity contribution in [3.05, 3.63) is 63.2 Å². The van der Waals surface area contributed by atoms with Gasteiger partial charge < -0.3 is 15.4 Å². The van der Waals surface area contributed by atoms with E-state index in [0.717, 1.165) is 5.56 Å². The molecule has 0 fully saturated rings. The summed E-state index contributed by atoms with van der Waals surface area (Å²) in [5.74, 6) is -0.00389. The topological polar surface area (TPSA) is 93.5 Å². The predicted octanol–water partition coefficient (Wildman–Crippen LogP) is 3.55. The van der Waals surface area contributed by atoms with E-state index in [9.17, 15) is 14.9 Å². The molecule has 8 heteroatoms. The molecular weight excluding hydrogens is 346 g/mol. The first-order valence-electron chi connectivity index (χ1n) is 7.52. The van der Waals surface area contributed by atoms with Crippen LogP contribution in [0.3, 0.4) is 0 Å². The average Bonchev–Trinajstić information content (AvgIpc) is 2.60. The number of anilines is 1. The maximum Gasteiger partial charge on any atom is 0.271 e. The van der Waals surface area contributed by atoms with Gasteiger partial charge in [0.15, 0.2) is 0 Å². The quantitative estimate of drug-likeness (QED) is 0.579. The van der Waals surface area contributed by atoms with E-state index in [1.807, 2.05) is 25.1 Å². The zero-order chi connectivity index (χ0) is 18.4. The molecule has 25 heavy (non-hydrogen) atoms. The van der Waals surface area contributed by atoms with Crippen molar-refractivity contribution in [2.24, 2.45) is 0 Å². The summed E-state index contributed by atoms with van der Waals surface area (Å²) >= 11 is 6.13. The lowest BCUT2D eigenvalue weighted by atomic mass is 10.1. The first-order chi connectivity index (χ1) is 11.9. The number of ether oxygens (including phenoxy) is 1. The molecule has 7 nitrogen and oxygen atoms in total. The normalized spacial score (nSPS) is 11.6. The van der Waals surface area contributed by atoms with Crippen LogP contribution in [0.5, 0.6) is 5.75 Å². The van der Waals surface area contributed by atoms with E-state index in [-0.39, 0.29) is 29.9 Å². The monoisotopic (exact) mass is 363 g/mol. The summed E-state index contributed by atoms with van der Waals surface area (Å²) in [4.78, 5) is 22.5. The third-order valence-corrected chi connectivity index (χ3v) is 3.95. The zero-order valence-corrected chi connectivity index (χ0v) is 14.5. The van der Waals surface area contributed by atoms with Gasteiger partial charge in [-0.1, -0.05) is 29.8 Å². The van der Waals surface area contributed by atoms with Crippen LogP contribution >= 0.6 is 11.6 Å². The fourth-order valence-corrected chi connectivity index (χ4v) is 2.58. The molecule has 0 aliphatic heterocycles. The Kier molecular flexibility index (Phi) is 6.32. The van der Waals surface area contributed by atoms with Gasteiger partial charge in [0.2, 0.25) is 5.91 Å². The summed E-state index contributed by atoms with van der Waals surface area (Å²) in [5.41, 5.74) is 0.993. The first-order valence-corrected chi connectivity index (χ1v) is 7.90. The van der Waals surface area contributed by atoms with Crippen LogP contribution in [-0.4, -0.2) is 24.5 Å². The van der Waals surface area contributed by atoms with Crippen molar-refractivity contribution >= 4 is 28.9 Å². The number of nitro groups is 1. The number of nitrogens with zero attached hydrogens (tertiary/aromatic N) is 1. The lowest BCUT2D eigenvalue weighted by Crippen LogP contribution is -2.30. The Labute approximate surface area is 150 Å². The molecule has 0 aromatic heterocycles. The van der Waals surface area contributed by atoms with Gasteiger partial charge in [-0.15, -0.1) is 0 Å². The maximum atomic E-state index is 12.2. The Morgan fingerprint density at radius 3 is 2.68 bits per heavy atom. The van der Waals surface area contributed by atoms with E-state index < -0.39 is 4.92 Å². The average molecular weight is 364 g/mol. The Bertz CT molecular complexity index is 782. The van der Waals surface area contributed by atoms with E-state index in [1.54, 1.807) is 6.07 Å². The number of hydrogen-bond acceptors (Lipinski definition) is 5. The maximum absolute atomic E-state index is 12.2. The summed E-state index contributed by atoms with van der Waals surface area (Å²) < 4.78 is 5.12. The second kappa shape index (κ2) is 8.46. The Morgan fingerprint density at radius 1 is 1.32 bits per heavy atom. The summed E-state index contributed by atoms with van der Waals surface area (Å²) in [7, 11) is 1.43. The number of halogens is 1. The molecule has 0 saturated carbocycles. The lowest BCUT2D eigenvalue weighted by Gasteiger charge is -2.16. The third kappa shape index (κ3) is 4.91. The van der Waals surface area contributed by atoms with Crippen LogP contribution in [0.1, 0.15) is 18.5 Å². The van der Waals surface area contributed by atoms with Crippen LogP contribution in [0.25, 0.3) is 0 Å². The van der Waals surface area contributed by atoms with Crippen LogP contribution in [-0.2, 0) is 4.79 Å². The van der Waals surface area contributed by atoms with Crippen molar-refractivity contribution in [2.45, 2.75) is 13.0 Å². The number of benzene rings is 2. The SMILES string of the molecule is COc1ccc([N+](=O)[O-])cc1NC(=O)CN[C@H](C)c1ccccc1Cl. The van der Waals surface area contributed by atoms with Crippen molar-refractivity contribution in [3.63, 3.8) is 0 Å². The summed E-state index contributed by atoms with van der Waals surface area (Å²) in [6, 6.07) is 11.2. The number of hydrogen-bond donors (Lipinski definition) is 2. The first kappa shape index (κ1) is 18.7. The summed E-state index contributed by atoms with van der Waals surface area (Å²) in [6.45, 7) is 1.90. The minimum atomic E-state index is -0.535. The number of carbonyl (C=O) groups is 1. The number of carbonyl (C=O) groups excluding carboxylic acids is 1. The van der Waals surface area contributed by atoms with Gasteiger partial charge in [0, 0.05) is 23.2 Å². The van der Waals surface area contributed by atoms with Crippen molar-refractivity contribution in [1.29, 1.82) is 0 Å². The van der Waals surface area contributed by atoms with Crippen LogP contribution in [0.15, 0.2) is 42.5 Å². The van der Waals surface area contributed by atoms with Crippen LogP contribution in [0.4, 0.5) is 11.4 Å². The van der Waals surface area contributed by atoms with Crippen molar-refractivity contribution in [1.82, 2.24) is 5.32 Å². The number of non-ortho nitro benzene ring substituents is 1. The third-order valence-electron chi connectivity index (χ3n) is 3.61. The molecule has 2 N–H and O–H groups in total. The van der Waals surface area contributed by atoms with Gasteiger partial charge in [-0.2, -0.15) is 0 Å². The Morgan fingerprint density at radius 2 is 2.04 bits per heavy atom. The zero-order valence-electron chi connectivity index (χ0n) is 13.8. The van der Waals surface area contributed by atoms with Crippen molar-refractivity contribution in [2.75, 3.05) is 19.0 Å². The van der Waals surface area contributed by atoms with Crippen molar-refractivity contribution in [3.8, 4) is 5.75 Å². The van der Waals surface area contributed by atoms with E-state index in [2.05, 4.69) is 10.6 Å². The molecule has 132 valence electrons. The standard InChI is InChI=1S/C17H18ClN3O4/c1-11(13-5-3-4-6-14(13)18)19-10-17(22)20-15-9-12(21(23)24)7-8-16(15)25-2/h3-9,11,19H,10H2,1-2H3,(H,20,22)/t11-/m1/s1. The highest BCUT2D eigenvalue weighted by atomic mass is 35.5. The Hall–Kier alpha value is -2.64. The minimum Gasteiger partial charge on any atom is -0.495 e. The molecule has 0 aliphatic carbocycles. The van der Waals surface area contributed by atoms with Crippen LogP contribution < -0.4 is 15.4 Å². The largest absolute Gasteiger partial charge is 0.495 e. The number of nitrogens with one attached hydrogen (secondary N) is 2. The molecule has 2 aromatic rings. The van der Waals surface area contributed by atoms with E-state index >= 15 is 0 Å². The van der Waals surface area contributed by atoms with Gasteiger partial charge in [-0.3, -0.25) is 14.9 Å². The fourth-order valence-electron chi connectivity index (χ4n) is 2.28. The molecule has 0 heterocycles. The minimum absolute atomic E-state index is 0.0121. The number of methoxy groups -OCH3 is 1. The molecule has 0 bridgehead atoms. The number of amides is 1. The summed E-state index contributed by atoms with van der Waals surface area (Å²) in [6.07, 6.45) is 0. The lowest BCUT2D eigenvalue weighted by molar-refractivity contribution is -0.384. The van der Waals surface area contributed by atoms with Gasteiger partial charge in [-0.25, -0.2) is 0 Å². The summed E-state index contributed by atoms with van der Waals surface area (Å²) in [5, 5.41) is 17.2. The predicted molar refractivity (Wildman–Crippen MR) is 96.1 cm³/mol. The van der Waals surface area contributed by atoms with E-state index in [1.165, 1.54) is 25.3 Å².